The van der Waals surface area contributed by atoms with Crippen molar-refractivity contribution in [2.75, 3.05) is 11.9 Å². The summed E-state index contributed by atoms with van der Waals surface area (Å²) in [5.74, 6) is -0.517. The molecular weight excluding hydrogens is 309 g/mol. The van der Waals surface area contributed by atoms with Crippen molar-refractivity contribution in [1.82, 2.24) is 10.6 Å². The molecule has 2 rings (SSSR count). The minimum Gasteiger partial charge on any atom is -0.352 e. The maximum atomic E-state index is 13.5. The summed E-state index contributed by atoms with van der Waals surface area (Å²) in [6, 6.07) is 10.8. The van der Waals surface area contributed by atoms with Gasteiger partial charge in [0.15, 0.2) is 0 Å². The summed E-state index contributed by atoms with van der Waals surface area (Å²) in [5.41, 5.74) is 2.30. The van der Waals surface area contributed by atoms with Gasteiger partial charge >= 0.3 is 6.03 Å². The number of urea groups is 1. The molecule has 0 radical (unpaired) electrons. The minimum absolute atomic E-state index is 0.0918. The number of amides is 3. The lowest BCUT2D eigenvalue weighted by atomic mass is 10.1. The molecule has 0 aromatic heterocycles. The average Bonchev–Trinajstić information content (AvgIpc) is 2.56. The van der Waals surface area contributed by atoms with Gasteiger partial charge in [-0.3, -0.25) is 4.79 Å². The second-order valence-electron chi connectivity index (χ2n) is 5.29. The van der Waals surface area contributed by atoms with E-state index in [0.29, 0.717) is 23.4 Å². The topological polar surface area (TPSA) is 70.2 Å². The lowest BCUT2D eigenvalue weighted by Crippen LogP contribution is -2.29. The van der Waals surface area contributed by atoms with E-state index in [4.69, 9.17) is 0 Å². The van der Waals surface area contributed by atoms with Crippen LogP contribution in [-0.2, 0) is 6.54 Å². The van der Waals surface area contributed by atoms with Crippen LogP contribution in [0, 0.1) is 12.7 Å². The molecule has 0 saturated carbocycles. The number of rotatable bonds is 5. The van der Waals surface area contributed by atoms with Gasteiger partial charge < -0.3 is 16.0 Å². The van der Waals surface area contributed by atoms with Gasteiger partial charge in [-0.25, -0.2) is 9.18 Å². The van der Waals surface area contributed by atoms with Gasteiger partial charge in [0.2, 0.25) is 0 Å². The van der Waals surface area contributed by atoms with E-state index in [9.17, 15) is 14.0 Å². The molecule has 0 aliphatic heterocycles. The molecule has 24 heavy (non-hydrogen) atoms. The number of hydrogen-bond acceptors (Lipinski definition) is 2. The third-order valence-electron chi connectivity index (χ3n) is 3.47. The second kappa shape index (κ2) is 8.10. The Kier molecular flexibility index (Phi) is 5.89. The molecule has 0 atom stereocenters. The van der Waals surface area contributed by atoms with Crippen molar-refractivity contribution in [2.45, 2.75) is 20.4 Å². The monoisotopic (exact) mass is 329 g/mol. The van der Waals surface area contributed by atoms with Crippen LogP contribution in [0.25, 0.3) is 0 Å². The number of carbonyl (C=O) groups excluding carboxylic acids is 2. The first-order valence-electron chi connectivity index (χ1n) is 7.68. The van der Waals surface area contributed by atoms with Crippen LogP contribution in [0.5, 0.6) is 0 Å². The maximum absolute atomic E-state index is 13.5. The minimum atomic E-state index is -0.438. The largest absolute Gasteiger partial charge is 0.352 e. The molecular formula is C18H20FN3O2. The van der Waals surface area contributed by atoms with Crippen molar-refractivity contribution in [1.29, 1.82) is 0 Å². The zero-order valence-corrected chi connectivity index (χ0v) is 13.7. The van der Waals surface area contributed by atoms with E-state index < -0.39 is 6.03 Å². The van der Waals surface area contributed by atoms with Gasteiger partial charge in [0, 0.05) is 29.9 Å². The Balaban J connectivity index is 1.96. The van der Waals surface area contributed by atoms with E-state index in [1.54, 1.807) is 43.3 Å². The summed E-state index contributed by atoms with van der Waals surface area (Å²) in [6.45, 7) is 4.29. The van der Waals surface area contributed by atoms with Crippen molar-refractivity contribution in [3.63, 3.8) is 0 Å². The molecule has 0 aliphatic rings. The predicted octanol–water partition coefficient (Wildman–Crippen LogP) is 3.21. The highest BCUT2D eigenvalue weighted by Crippen LogP contribution is 2.16. The molecule has 0 unspecified atom stereocenters. The summed E-state index contributed by atoms with van der Waals surface area (Å²) in [6.07, 6.45) is 0. The molecule has 2 aromatic rings. The molecule has 0 heterocycles. The molecule has 2 aromatic carbocycles. The first-order chi connectivity index (χ1) is 11.5. The van der Waals surface area contributed by atoms with Crippen LogP contribution < -0.4 is 16.0 Å². The Bertz CT molecular complexity index is 747. The fraction of sp³-hybridized carbons (Fsp3) is 0.222. The van der Waals surface area contributed by atoms with Crippen molar-refractivity contribution in [3.8, 4) is 0 Å². The lowest BCUT2D eigenvalue weighted by Gasteiger charge is -2.11. The van der Waals surface area contributed by atoms with E-state index in [1.807, 2.05) is 6.92 Å². The number of halogens is 1. The molecule has 5 nitrogen and oxygen atoms in total. The number of hydrogen-bond donors (Lipinski definition) is 3. The fourth-order valence-corrected chi connectivity index (χ4v) is 2.19. The first kappa shape index (κ1) is 17.5. The van der Waals surface area contributed by atoms with E-state index >= 15 is 0 Å². The van der Waals surface area contributed by atoms with Crippen molar-refractivity contribution in [3.05, 3.63) is 65.0 Å². The van der Waals surface area contributed by atoms with Crippen LogP contribution in [0.1, 0.15) is 28.4 Å². The third kappa shape index (κ3) is 4.55. The van der Waals surface area contributed by atoms with Gasteiger partial charge in [0.25, 0.3) is 5.91 Å². The Morgan fingerprint density at radius 2 is 1.83 bits per heavy atom. The van der Waals surface area contributed by atoms with E-state index in [-0.39, 0.29) is 18.3 Å². The fourth-order valence-electron chi connectivity index (χ4n) is 2.19. The molecule has 0 bridgehead atoms. The molecule has 3 amide bonds. The predicted molar refractivity (Wildman–Crippen MR) is 91.4 cm³/mol. The van der Waals surface area contributed by atoms with Crippen molar-refractivity contribution in [2.24, 2.45) is 0 Å². The van der Waals surface area contributed by atoms with Crippen LogP contribution in [0.4, 0.5) is 14.9 Å². The van der Waals surface area contributed by atoms with Crippen molar-refractivity contribution < 1.29 is 14.0 Å². The standard InChI is InChI=1S/C18H20FN3O2/c1-3-20-17(23)13-8-9-16(12(2)10-13)22-18(24)21-11-14-6-4-5-7-15(14)19/h4-10H,3,11H2,1-2H3,(H,20,23)(H2,21,22,24). The van der Waals surface area contributed by atoms with Gasteiger partial charge in [-0.2, -0.15) is 0 Å². The van der Waals surface area contributed by atoms with Crippen LogP contribution in [0.3, 0.4) is 0 Å². The first-order valence-corrected chi connectivity index (χ1v) is 7.68. The summed E-state index contributed by atoms with van der Waals surface area (Å²) >= 11 is 0. The second-order valence-corrected chi connectivity index (χ2v) is 5.29. The molecule has 6 heteroatoms. The highest BCUT2D eigenvalue weighted by Gasteiger charge is 2.09. The average molecular weight is 329 g/mol. The van der Waals surface area contributed by atoms with Gasteiger partial charge in [0.05, 0.1) is 0 Å². The maximum Gasteiger partial charge on any atom is 0.319 e. The lowest BCUT2D eigenvalue weighted by molar-refractivity contribution is 0.0955. The van der Waals surface area contributed by atoms with Gasteiger partial charge in [-0.15, -0.1) is 0 Å². The Morgan fingerprint density at radius 3 is 2.50 bits per heavy atom. The summed E-state index contributed by atoms with van der Waals surface area (Å²) in [5, 5.41) is 8.02. The van der Waals surface area contributed by atoms with Gasteiger partial charge in [-0.05, 0) is 43.7 Å². The van der Waals surface area contributed by atoms with Gasteiger partial charge in [-0.1, -0.05) is 18.2 Å². The smallest absolute Gasteiger partial charge is 0.319 e. The molecule has 0 fully saturated rings. The Hall–Kier alpha value is -2.89. The van der Waals surface area contributed by atoms with Crippen LogP contribution in [-0.4, -0.2) is 18.5 Å². The number of carbonyl (C=O) groups is 2. The normalized spacial score (nSPS) is 10.1. The molecule has 0 spiro atoms. The van der Waals surface area contributed by atoms with Crippen LogP contribution in [0.2, 0.25) is 0 Å². The van der Waals surface area contributed by atoms with Crippen LogP contribution >= 0.6 is 0 Å². The molecule has 3 N–H and O–H groups in total. The number of benzene rings is 2. The van der Waals surface area contributed by atoms with Gasteiger partial charge in [0.1, 0.15) is 5.82 Å². The Morgan fingerprint density at radius 1 is 1.08 bits per heavy atom. The van der Waals surface area contributed by atoms with E-state index in [1.165, 1.54) is 6.07 Å². The summed E-state index contributed by atoms with van der Waals surface area (Å²) < 4.78 is 13.5. The third-order valence-corrected chi connectivity index (χ3v) is 3.47. The zero-order valence-electron chi connectivity index (χ0n) is 13.7. The highest BCUT2D eigenvalue weighted by molar-refractivity contribution is 5.96. The Labute approximate surface area is 140 Å². The molecule has 0 saturated heterocycles. The summed E-state index contributed by atoms with van der Waals surface area (Å²) in [4.78, 5) is 23.7. The quantitative estimate of drug-likeness (QED) is 0.788. The highest BCUT2D eigenvalue weighted by atomic mass is 19.1. The molecule has 126 valence electrons. The van der Waals surface area contributed by atoms with Crippen molar-refractivity contribution >= 4 is 17.6 Å². The number of nitrogens with one attached hydrogen (secondary N) is 3. The molecule has 0 aliphatic carbocycles. The zero-order chi connectivity index (χ0) is 17.5. The SMILES string of the molecule is CCNC(=O)c1ccc(NC(=O)NCc2ccccc2F)c(C)c1. The van der Waals surface area contributed by atoms with E-state index in [2.05, 4.69) is 16.0 Å². The number of anilines is 1. The summed E-state index contributed by atoms with van der Waals surface area (Å²) in [7, 11) is 0. The van der Waals surface area contributed by atoms with E-state index in [0.717, 1.165) is 5.56 Å². The van der Waals surface area contributed by atoms with Crippen LogP contribution in [0.15, 0.2) is 42.5 Å². The number of aryl methyl sites for hydroxylation is 1.